The number of rotatable bonds is 2. The zero-order valence-corrected chi connectivity index (χ0v) is 15.2. The average Bonchev–Trinajstić information content (AvgIpc) is 2.84. The molecule has 1 amide bonds. The Morgan fingerprint density at radius 2 is 1.70 bits per heavy atom. The van der Waals surface area contributed by atoms with Crippen molar-refractivity contribution in [2.75, 3.05) is 9.80 Å². The summed E-state index contributed by atoms with van der Waals surface area (Å²) in [5, 5.41) is 0.0973. The topological polar surface area (TPSA) is 27.9 Å². The second kappa shape index (κ2) is 6.67. The Bertz CT molecular complexity index is 964. The lowest BCUT2D eigenvalue weighted by Crippen LogP contribution is -2.33. The molecular weight excluding hydrogens is 375 g/mol. The van der Waals surface area contributed by atoms with Gasteiger partial charge in [-0.25, -0.2) is 4.85 Å². The number of halogens is 3. The first kappa shape index (κ1) is 18.9. The summed E-state index contributed by atoms with van der Waals surface area (Å²) < 4.78 is 39.8. The third-order valence-corrected chi connectivity index (χ3v) is 4.72. The summed E-state index contributed by atoms with van der Waals surface area (Å²) in [6.45, 7) is 10.5. The van der Waals surface area contributed by atoms with E-state index < -0.39 is 29.4 Å². The lowest BCUT2D eigenvalue weighted by molar-refractivity contribution is -0.136. The van der Waals surface area contributed by atoms with Crippen molar-refractivity contribution >= 4 is 40.3 Å². The first-order valence-corrected chi connectivity index (χ1v) is 8.38. The van der Waals surface area contributed by atoms with Crippen molar-refractivity contribution in [1.29, 1.82) is 0 Å². The average molecular weight is 389 g/mol. The predicted octanol–water partition coefficient (Wildman–Crippen LogP) is 5.09. The summed E-state index contributed by atoms with van der Waals surface area (Å²) in [5.74, 6) is -0.427. The van der Waals surface area contributed by atoms with Crippen LogP contribution in [-0.4, -0.2) is 17.1 Å². The number of carbonyl (C=O) groups is 1. The Labute approximate surface area is 159 Å². The monoisotopic (exact) mass is 389 g/mol. The molecule has 0 aromatic heterocycles. The van der Waals surface area contributed by atoms with Gasteiger partial charge in [0.15, 0.2) is 10.8 Å². The zero-order chi connectivity index (χ0) is 19.9. The predicted molar refractivity (Wildman–Crippen MR) is 101 cm³/mol. The van der Waals surface area contributed by atoms with Crippen molar-refractivity contribution in [1.82, 2.24) is 0 Å². The van der Waals surface area contributed by atoms with E-state index in [4.69, 9.17) is 18.8 Å². The molecule has 138 valence electrons. The van der Waals surface area contributed by atoms with Crippen LogP contribution in [0.4, 0.5) is 30.2 Å². The van der Waals surface area contributed by atoms with Crippen LogP contribution in [0, 0.1) is 13.5 Å². The second-order valence-corrected chi connectivity index (χ2v) is 6.51. The zero-order valence-electron chi connectivity index (χ0n) is 14.4. The number of hydrogen-bond donors (Lipinski definition) is 0. The minimum atomic E-state index is -4.71. The third-order valence-electron chi connectivity index (χ3n) is 4.34. The number of thiocarbonyl (C=S) groups is 1. The van der Waals surface area contributed by atoms with E-state index in [2.05, 4.69) is 4.85 Å². The van der Waals surface area contributed by atoms with Crippen molar-refractivity contribution in [3.8, 4) is 0 Å². The number of anilines is 2. The number of alkyl halides is 3. The molecule has 1 atom stereocenters. The molecule has 2 aromatic rings. The summed E-state index contributed by atoms with van der Waals surface area (Å²) in [6.07, 6.45) is -4.71. The van der Waals surface area contributed by atoms with E-state index in [1.54, 1.807) is 24.0 Å². The maximum atomic E-state index is 13.3. The molecule has 3 rings (SSSR count). The van der Waals surface area contributed by atoms with Gasteiger partial charge in [0.1, 0.15) is 6.04 Å². The molecule has 0 N–H and O–H groups in total. The van der Waals surface area contributed by atoms with Crippen LogP contribution in [0.15, 0.2) is 42.5 Å². The fraction of sp³-hybridized carbons (Fsp3) is 0.211. The van der Waals surface area contributed by atoms with Crippen LogP contribution in [-0.2, 0) is 11.0 Å². The molecule has 1 saturated heterocycles. The van der Waals surface area contributed by atoms with Gasteiger partial charge in [0.25, 0.3) is 5.91 Å². The summed E-state index contributed by atoms with van der Waals surface area (Å²) in [7, 11) is 0. The maximum Gasteiger partial charge on any atom is 0.407 e. The third kappa shape index (κ3) is 3.26. The van der Waals surface area contributed by atoms with E-state index in [1.807, 2.05) is 19.1 Å². The summed E-state index contributed by atoms with van der Waals surface area (Å²) in [6, 6.07) is 9.83. The SMILES string of the molecule is [C-]#[N+]c1ccc(N2C(=O)C(C)N(c3ccc(C)cc3)C2=S)cc1C(F)(F)F. The molecule has 0 radical (unpaired) electrons. The van der Waals surface area contributed by atoms with Crippen molar-refractivity contribution in [2.24, 2.45) is 0 Å². The quantitative estimate of drug-likeness (QED) is 0.529. The van der Waals surface area contributed by atoms with E-state index in [1.165, 1.54) is 6.07 Å². The normalized spacial score (nSPS) is 17.4. The van der Waals surface area contributed by atoms with Crippen molar-refractivity contribution in [3.63, 3.8) is 0 Å². The molecule has 1 unspecified atom stereocenters. The number of aryl methyl sites for hydroxylation is 1. The van der Waals surface area contributed by atoms with Gasteiger partial charge >= 0.3 is 6.18 Å². The van der Waals surface area contributed by atoms with E-state index in [9.17, 15) is 18.0 Å². The molecule has 0 spiro atoms. The van der Waals surface area contributed by atoms with Gasteiger partial charge in [-0.2, -0.15) is 13.2 Å². The number of benzene rings is 2. The van der Waals surface area contributed by atoms with Gasteiger partial charge in [-0.1, -0.05) is 23.8 Å². The largest absolute Gasteiger partial charge is 0.407 e. The van der Waals surface area contributed by atoms with E-state index in [-0.39, 0.29) is 10.8 Å². The fourth-order valence-corrected chi connectivity index (χ4v) is 3.39. The molecule has 1 fully saturated rings. The van der Waals surface area contributed by atoms with Gasteiger partial charge in [0.2, 0.25) is 0 Å². The summed E-state index contributed by atoms with van der Waals surface area (Å²) in [4.78, 5) is 18.3. The summed E-state index contributed by atoms with van der Waals surface area (Å²) >= 11 is 5.40. The number of hydrogen-bond acceptors (Lipinski definition) is 2. The molecule has 4 nitrogen and oxygen atoms in total. The van der Waals surface area contributed by atoms with Gasteiger partial charge in [0.05, 0.1) is 12.1 Å². The van der Waals surface area contributed by atoms with Crippen LogP contribution < -0.4 is 9.80 Å². The van der Waals surface area contributed by atoms with Gasteiger partial charge in [-0.05, 0) is 50.3 Å². The lowest BCUT2D eigenvalue weighted by atomic mass is 10.1. The minimum Gasteiger partial charge on any atom is -0.306 e. The maximum absolute atomic E-state index is 13.3. The molecule has 1 aliphatic rings. The highest BCUT2D eigenvalue weighted by Gasteiger charge is 2.42. The molecule has 2 aromatic carbocycles. The van der Waals surface area contributed by atoms with Gasteiger partial charge in [-0.15, -0.1) is 0 Å². The number of carbonyl (C=O) groups excluding carboxylic acids is 1. The van der Waals surface area contributed by atoms with Crippen molar-refractivity contribution < 1.29 is 18.0 Å². The highest BCUT2D eigenvalue weighted by atomic mass is 32.1. The lowest BCUT2D eigenvalue weighted by Gasteiger charge is -2.23. The highest BCUT2D eigenvalue weighted by molar-refractivity contribution is 7.81. The van der Waals surface area contributed by atoms with Crippen LogP contribution >= 0.6 is 12.2 Å². The molecule has 0 aliphatic carbocycles. The molecule has 1 heterocycles. The van der Waals surface area contributed by atoms with Gasteiger partial charge < -0.3 is 4.90 Å². The smallest absolute Gasteiger partial charge is 0.306 e. The van der Waals surface area contributed by atoms with Crippen LogP contribution in [0.3, 0.4) is 0 Å². The molecule has 0 saturated carbocycles. The van der Waals surface area contributed by atoms with Gasteiger partial charge in [-0.3, -0.25) is 9.69 Å². The van der Waals surface area contributed by atoms with Crippen LogP contribution in [0.2, 0.25) is 0 Å². The van der Waals surface area contributed by atoms with Gasteiger partial charge in [0, 0.05) is 11.4 Å². The van der Waals surface area contributed by atoms with E-state index in [0.29, 0.717) is 5.69 Å². The van der Waals surface area contributed by atoms with Crippen LogP contribution in [0.25, 0.3) is 4.85 Å². The van der Waals surface area contributed by atoms with E-state index in [0.717, 1.165) is 22.6 Å². The second-order valence-electron chi connectivity index (χ2n) is 6.15. The Morgan fingerprint density at radius 3 is 2.26 bits per heavy atom. The molecule has 0 bridgehead atoms. The number of nitrogens with zero attached hydrogens (tertiary/aromatic N) is 3. The Kier molecular flexibility index (Phi) is 4.66. The molecule has 8 heteroatoms. The Morgan fingerprint density at radius 1 is 1.11 bits per heavy atom. The fourth-order valence-electron chi connectivity index (χ4n) is 2.93. The van der Waals surface area contributed by atoms with Crippen LogP contribution in [0.5, 0.6) is 0 Å². The highest BCUT2D eigenvalue weighted by Crippen LogP contribution is 2.40. The first-order valence-electron chi connectivity index (χ1n) is 7.97. The molecule has 1 aliphatic heterocycles. The Hall–Kier alpha value is -2.92. The first-order chi connectivity index (χ1) is 12.6. The molecular formula is C19H14F3N3OS. The van der Waals surface area contributed by atoms with Crippen LogP contribution in [0.1, 0.15) is 18.1 Å². The van der Waals surface area contributed by atoms with Crippen molar-refractivity contribution in [2.45, 2.75) is 26.1 Å². The van der Waals surface area contributed by atoms with E-state index >= 15 is 0 Å². The summed E-state index contributed by atoms with van der Waals surface area (Å²) in [5.41, 5.74) is 0.0949. The molecule has 27 heavy (non-hydrogen) atoms. The Balaban J connectivity index is 2.05. The minimum absolute atomic E-state index is 0.00816. The standard InChI is InChI=1S/C19H14F3N3OS/c1-11-4-6-13(7-5-11)24-12(2)17(26)25(18(24)27)14-8-9-16(23-3)15(10-14)19(20,21)22/h4-10,12H,1-2H3. The van der Waals surface area contributed by atoms with Crippen molar-refractivity contribution in [3.05, 3.63) is 65.0 Å². The number of amides is 1.